The average Bonchev–Trinajstić information content (AvgIpc) is 2.86. The molecule has 0 aromatic heterocycles. The minimum atomic E-state index is 0.191. The second-order valence-electron chi connectivity index (χ2n) is 5.90. The third-order valence-corrected chi connectivity index (χ3v) is 4.92. The zero-order valence-electron chi connectivity index (χ0n) is 11.3. The Bertz CT molecular complexity index is 429. The highest BCUT2D eigenvalue weighted by molar-refractivity contribution is 6.31. The highest BCUT2D eigenvalue weighted by atomic mass is 35.5. The highest BCUT2D eigenvalue weighted by Crippen LogP contribution is 2.40. The molecule has 1 saturated carbocycles. The average molecular weight is 280 g/mol. The molecule has 0 amide bonds. The maximum atomic E-state index is 6.20. The summed E-state index contributed by atoms with van der Waals surface area (Å²) in [7, 11) is 0. The van der Waals surface area contributed by atoms with Crippen LogP contribution in [0.2, 0.25) is 5.02 Å². The fourth-order valence-electron chi connectivity index (χ4n) is 3.47. The van der Waals surface area contributed by atoms with Gasteiger partial charge in [0.2, 0.25) is 0 Å². The van der Waals surface area contributed by atoms with E-state index in [1.807, 2.05) is 18.2 Å². The molecule has 0 bridgehead atoms. The van der Waals surface area contributed by atoms with Crippen molar-refractivity contribution in [2.45, 2.75) is 56.7 Å². The van der Waals surface area contributed by atoms with Crippen LogP contribution in [0, 0.1) is 0 Å². The zero-order valence-corrected chi connectivity index (χ0v) is 12.1. The number of hydrogen-bond acceptors (Lipinski definition) is 2. The van der Waals surface area contributed by atoms with Gasteiger partial charge in [0.15, 0.2) is 0 Å². The molecule has 1 aliphatic heterocycles. The highest BCUT2D eigenvalue weighted by Gasteiger charge is 2.39. The van der Waals surface area contributed by atoms with Gasteiger partial charge in [-0.1, -0.05) is 42.6 Å². The lowest BCUT2D eigenvalue weighted by atomic mass is 9.89. The number of hydrogen-bond donors (Lipinski definition) is 1. The fraction of sp³-hybridized carbons (Fsp3) is 0.625. The summed E-state index contributed by atoms with van der Waals surface area (Å²) in [4.78, 5) is 0. The largest absolute Gasteiger partial charge is 0.375 e. The van der Waals surface area contributed by atoms with Crippen molar-refractivity contribution in [3.63, 3.8) is 0 Å². The van der Waals surface area contributed by atoms with Crippen molar-refractivity contribution in [3.8, 4) is 0 Å². The van der Waals surface area contributed by atoms with E-state index in [0.717, 1.165) is 31.0 Å². The van der Waals surface area contributed by atoms with Crippen molar-refractivity contribution >= 4 is 11.6 Å². The van der Waals surface area contributed by atoms with Gasteiger partial charge in [-0.2, -0.15) is 0 Å². The number of halogens is 1. The predicted octanol–water partition coefficient (Wildman–Crippen LogP) is 3.92. The van der Waals surface area contributed by atoms with Crippen molar-refractivity contribution < 1.29 is 4.74 Å². The molecule has 2 nitrogen and oxygen atoms in total. The molecule has 1 atom stereocenters. The van der Waals surface area contributed by atoms with Gasteiger partial charge in [-0.3, -0.25) is 0 Å². The SMILES string of the molecule is Clc1ccccc1CNC1CCOC2(CCCC2)C1. The molecule has 1 spiro atoms. The van der Waals surface area contributed by atoms with E-state index in [9.17, 15) is 0 Å². The zero-order chi connectivity index (χ0) is 13.1. The fourth-order valence-corrected chi connectivity index (χ4v) is 3.67. The molecule has 2 aliphatic rings. The summed E-state index contributed by atoms with van der Waals surface area (Å²) in [6.45, 7) is 1.76. The molecule has 1 N–H and O–H groups in total. The summed E-state index contributed by atoms with van der Waals surface area (Å²) in [5.74, 6) is 0. The second kappa shape index (κ2) is 5.82. The first-order valence-corrected chi connectivity index (χ1v) is 7.76. The van der Waals surface area contributed by atoms with Gasteiger partial charge in [-0.15, -0.1) is 0 Å². The molecule has 0 radical (unpaired) electrons. The topological polar surface area (TPSA) is 21.3 Å². The van der Waals surface area contributed by atoms with E-state index in [-0.39, 0.29) is 5.60 Å². The van der Waals surface area contributed by atoms with Crippen molar-refractivity contribution in [1.82, 2.24) is 5.32 Å². The molecular formula is C16H22ClNO. The van der Waals surface area contributed by atoms with Gasteiger partial charge in [-0.25, -0.2) is 0 Å². The number of rotatable bonds is 3. The lowest BCUT2D eigenvalue weighted by Gasteiger charge is -2.38. The molecule has 1 aromatic carbocycles. The number of ether oxygens (including phenoxy) is 1. The monoisotopic (exact) mass is 279 g/mol. The summed E-state index contributed by atoms with van der Waals surface area (Å²) < 4.78 is 6.07. The van der Waals surface area contributed by atoms with Crippen LogP contribution >= 0.6 is 11.6 Å². The second-order valence-corrected chi connectivity index (χ2v) is 6.31. The summed E-state index contributed by atoms with van der Waals surface area (Å²) in [5, 5.41) is 4.52. The van der Waals surface area contributed by atoms with Gasteiger partial charge in [0.1, 0.15) is 0 Å². The Morgan fingerprint density at radius 2 is 2.05 bits per heavy atom. The Hall–Kier alpha value is -0.570. The molecule has 1 heterocycles. The molecular weight excluding hydrogens is 258 g/mol. The Morgan fingerprint density at radius 3 is 2.84 bits per heavy atom. The standard InChI is InChI=1S/C16H22ClNO/c17-15-6-2-1-5-13(15)12-18-14-7-10-19-16(11-14)8-3-4-9-16/h1-2,5-6,14,18H,3-4,7-12H2. The smallest absolute Gasteiger partial charge is 0.0697 e. The van der Waals surface area contributed by atoms with Gasteiger partial charge >= 0.3 is 0 Å². The van der Waals surface area contributed by atoms with Gasteiger partial charge in [0.25, 0.3) is 0 Å². The Labute approximate surface area is 120 Å². The number of benzene rings is 1. The van der Waals surface area contributed by atoms with E-state index in [0.29, 0.717) is 6.04 Å². The maximum Gasteiger partial charge on any atom is 0.0697 e. The first-order valence-electron chi connectivity index (χ1n) is 7.38. The van der Waals surface area contributed by atoms with E-state index >= 15 is 0 Å². The van der Waals surface area contributed by atoms with Gasteiger partial charge in [-0.05, 0) is 37.3 Å². The molecule has 104 valence electrons. The van der Waals surface area contributed by atoms with Gasteiger partial charge < -0.3 is 10.1 Å². The summed E-state index contributed by atoms with van der Waals surface area (Å²) in [5.41, 5.74) is 1.38. The molecule has 1 unspecified atom stereocenters. The van der Waals surface area contributed by atoms with Crippen molar-refractivity contribution in [1.29, 1.82) is 0 Å². The lowest BCUT2D eigenvalue weighted by Crippen LogP contribution is -2.45. The van der Waals surface area contributed by atoms with Crippen LogP contribution in [0.25, 0.3) is 0 Å². The molecule has 3 heteroatoms. The summed E-state index contributed by atoms with van der Waals surface area (Å²) in [6.07, 6.45) is 7.44. The van der Waals surface area contributed by atoms with Crippen LogP contribution in [0.3, 0.4) is 0 Å². The molecule has 1 aliphatic carbocycles. The van der Waals surface area contributed by atoms with E-state index in [2.05, 4.69) is 11.4 Å². The van der Waals surface area contributed by atoms with Crippen LogP contribution < -0.4 is 5.32 Å². The number of nitrogens with one attached hydrogen (secondary N) is 1. The van der Waals surface area contributed by atoms with Crippen LogP contribution in [-0.4, -0.2) is 18.2 Å². The third-order valence-electron chi connectivity index (χ3n) is 4.55. The van der Waals surface area contributed by atoms with Crippen molar-refractivity contribution in [2.24, 2.45) is 0 Å². The Kier molecular flexibility index (Phi) is 4.11. The van der Waals surface area contributed by atoms with Crippen LogP contribution in [0.15, 0.2) is 24.3 Å². The van der Waals surface area contributed by atoms with E-state index in [4.69, 9.17) is 16.3 Å². The summed E-state index contributed by atoms with van der Waals surface area (Å²) >= 11 is 6.20. The van der Waals surface area contributed by atoms with Crippen LogP contribution in [0.5, 0.6) is 0 Å². The Balaban J connectivity index is 1.57. The summed E-state index contributed by atoms with van der Waals surface area (Å²) in [6, 6.07) is 8.66. The van der Waals surface area contributed by atoms with E-state index in [1.165, 1.54) is 31.2 Å². The normalized spacial score (nSPS) is 25.8. The first kappa shape index (κ1) is 13.4. The van der Waals surface area contributed by atoms with Crippen LogP contribution in [0.1, 0.15) is 44.1 Å². The molecule has 19 heavy (non-hydrogen) atoms. The predicted molar refractivity (Wildman–Crippen MR) is 78.5 cm³/mol. The third kappa shape index (κ3) is 3.13. The maximum absolute atomic E-state index is 6.20. The minimum Gasteiger partial charge on any atom is -0.375 e. The van der Waals surface area contributed by atoms with Crippen molar-refractivity contribution in [3.05, 3.63) is 34.9 Å². The van der Waals surface area contributed by atoms with Crippen LogP contribution in [-0.2, 0) is 11.3 Å². The van der Waals surface area contributed by atoms with Gasteiger partial charge in [0, 0.05) is 24.2 Å². The minimum absolute atomic E-state index is 0.191. The first-order chi connectivity index (χ1) is 9.27. The van der Waals surface area contributed by atoms with E-state index < -0.39 is 0 Å². The van der Waals surface area contributed by atoms with E-state index in [1.54, 1.807) is 0 Å². The van der Waals surface area contributed by atoms with Crippen LogP contribution in [0.4, 0.5) is 0 Å². The van der Waals surface area contributed by atoms with Gasteiger partial charge in [0.05, 0.1) is 5.60 Å². The molecule has 3 rings (SSSR count). The Morgan fingerprint density at radius 1 is 1.26 bits per heavy atom. The lowest BCUT2D eigenvalue weighted by molar-refractivity contribution is -0.0837. The molecule has 2 fully saturated rings. The quantitative estimate of drug-likeness (QED) is 0.905. The molecule has 1 saturated heterocycles. The van der Waals surface area contributed by atoms with Crippen molar-refractivity contribution in [2.75, 3.05) is 6.61 Å². The molecule has 1 aromatic rings.